The van der Waals surface area contributed by atoms with Gasteiger partial charge in [0.2, 0.25) is 0 Å². The Morgan fingerprint density at radius 3 is 3.00 bits per heavy atom. The van der Waals surface area contributed by atoms with Gasteiger partial charge in [-0.1, -0.05) is 0 Å². The van der Waals surface area contributed by atoms with Crippen molar-refractivity contribution in [2.45, 2.75) is 25.8 Å². The van der Waals surface area contributed by atoms with Crippen LogP contribution in [0.4, 0.5) is 0 Å². The Labute approximate surface area is 74.5 Å². The van der Waals surface area contributed by atoms with Gasteiger partial charge in [0.25, 0.3) is 0 Å². The van der Waals surface area contributed by atoms with Crippen LogP contribution in [0.2, 0.25) is 0 Å². The Morgan fingerprint density at radius 1 is 1.67 bits per heavy atom. The zero-order valence-electron chi connectivity index (χ0n) is 7.87. The van der Waals surface area contributed by atoms with Gasteiger partial charge in [-0.25, -0.2) is 0 Å². The molecular weight excluding hydrogens is 152 g/mol. The maximum Gasteiger partial charge on any atom is 0.0434 e. The van der Waals surface area contributed by atoms with E-state index in [0.29, 0.717) is 18.6 Å². The first kappa shape index (κ1) is 9.96. The van der Waals surface area contributed by atoms with E-state index >= 15 is 0 Å². The molecule has 0 aromatic rings. The van der Waals surface area contributed by atoms with Crippen LogP contribution < -0.4 is 5.73 Å². The highest BCUT2D eigenvalue weighted by atomic mass is 16.3. The lowest BCUT2D eigenvalue weighted by atomic mass is 10.1. The molecule has 0 aromatic heterocycles. The van der Waals surface area contributed by atoms with Crippen molar-refractivity contribution >= 4 is 0 Å². The summed E-state index contributed by atoms with van der Waals surface area (Å²) in [6.07, 6.45) is 2.18. The number of nitrogens with two attached hydrogens (primary N) is 1. The first-order valence-corrected chi connectivity index (χ1v) is 4.83. The molecule has 1 rings (SSSR count). The van der Waals surface area contributed by atoms with E-state index in [-0.39, 0.29) is 0 Å². The molecule has 2 unspecified atom stereocenters. The molecule has 0 saturated carbocycles. The normalized spacial score (nSPS) is 27.8. The van der Waals surface area contributed by atoms with E-state index < -0.39 is 0 Å². The minimum Gasteiger partial charge on any atom is -0.396 e. The van der Waals surface area contributed by atoms with Crippen LogP contribution in [0.25, 0.3) is 0 Å². The van der Waals surface area contributed by atoms with E-state index in [1.807, 2.05) is 0 Å². The minimum atomic E-state index is 0.329. The summed E-state index contributed by atoms with van der Waals surface area (Å²) in [4.78, 5) is 2.42. The fraction of sp³-hybridized carbons (Fsp3) is 1.00. The molecule has 2 atom stereocenters. The van der Waals surface area contributed by atoms with Gasteiger partial charge in [-0.15, -0.1) is 0 Å². The van der Waals surface area contributed by atoms with Crippen molar-refractivity contribution in [1.29, 1.82) is 0 Å². The summed E-state index contributed by atoms with van der Waals surface area (Å²) in [7, 11) is 0. The van der Waals surface area contributed by atoms with Gasteiger partial charge >= 0.3 is 0 Å². The SMILES string of the molecule is CC(CN)N1CCC(CCO)C1. The van der Waals surface area contributed by atoms with Crippen LogP contribution in [0.15, 0.2) is 0 Å². The zero-order chi connectivity index (χ0) is 8.97. The summed E-state index contributed by atoms with van der Waals surface area (Å²) in [5, 5.41) is 8.77. The predicted octanol–water partition coefficient (Wildman–Crippen LogP) is 0.0379. The Bertz CT molecular complexity index is 130. The Hall–Kier alpha value is -0.120. The lowest BCUT2D eigenvalue weighted by molar-refractivity contribution is 0.230. The first-order chi connectivity index (χ1) is 5.77. The summed E-state index contributed by atoms with van der Waals surface area (Å²) in [5.41, 5.74) is 5.58. The third-order valence-corrected chi connectivity index (χ3v) is 2.82. The van der Waals surface area contributed by atoms with Crippen molar-refractivity contribution in [3.63, 3.8) is 0 Å². The molecule has 1 heterocycles. The van der Waals surface area contributed by atoms with Crippen LogP contribution in [-0.4, -0.2) is 42.3 Å². The third-order valence-electron chi connectivity index (χ3n) is 2.82. The van der Waals surface area contributed by atoms with Gasteiger partial charge in [-0.3, -0.25) is 4.90 Å². The predicted molar refractivity (Wildman–Crippen MR) is 49.9 cm³/mol. The van der Waals surface area contributed by atoms with Crippen molar-refractivity contribution in [2.24, 2.45) is 11.7 Å². The number of aliphatic hydroxyl groups excluding tert-OH is 1. The maximum absolute atomic E-state index is 8.77. The molecule has 1 aliphatic rings. The van der Waals surface area contributed by atoms with E-state index in [1.54, 1.807) is 0 Å². The van der Waals surface area contributed by atoms with Crippen molar-refractivity contribution < 1.29 is 5.11 Å². The smallest absolute Gasteiger partial charge is 0.0434 e. The quantitative estimate of drug-likeness (QED) is 0.629. The zero-order valence-corrected chi connectivity index (χ0v) is 7.87. The van der Waals surface area contributed by atoms with Gasteiger partial charge in [-0.05, 0) is 32.2 Å². The number of rotatable bonds is 4. The van der Waals surface area contributed by atoms with Gasteiger partial charge in [0.1, 0.15) is 0 Å². The van der Waals surface area contributed by atoms with Crippen LogP contribution in [0.5, 0.6) is 0 Å². The van der Waals surface area contributed by atoms with Crippen LogP contribution in [0.3, 0.4) is 0 Å². The van der Waals surface area contributed by atoms with Crippen LogP contribution in [0.1, 0.15) is 19.8 Å². The molecule has 12 heavy (non-hydrogen) atoms. The molecule has 0 aliphatic carbocycles. The highest BCUT2D eigenvalue weighted by Gasteiger charge is 2.24. The van der Waals surface area contributed by atoms with Crippen molar-refractivity contribution in [3.8, 4) is 0 Å². The average molecular weight is 172 g/mol. The Balaban J connectivity index is 2.25. The molecule has 0 aromatic carbocycles. The molecule has 3 nitrogen and oxygen atoms in total. The van der Waals surface area contributed by atoms with Gasteiger partial charge in [0.15, 0.2) is 0 Å². The lowest BCUT2D eigenvalue weighted by Crippen LogP contribution is -2.36. The molecule has 0 bridgehead atoms. The van der Waals surface area contributed by atoms with Crippen LogP contribution >= 0.6 is 0 Å². The van der Waals surface area contributed by atoms with Gasteiger partial charge in [0, 0.05) is 25.7 Å². The third kappa shape index (κ3) is 2.44. The maximum atomic E-state index is 8.77. The molecule has 72 valence electrons. The molecule has 0 radical (unpaired) electrons. The summed E-state index contributed by atoms with van der Waals surface area (Å²) in [6, 6.07) is 0.508. The topological polar surface area (TPSA) is 49.5 Å². The van der Waals surface area contributed by atoms with Crippen LogP contribution in [0, 0.1) is 5.92 Å². The van der Waals surface area contributed by atoms with Crippen molar-refractivity contribution in [2.75, 3.05) is 26.2 Å². The highest BCUT2D eigenvalue weighted by molar-refractivity contribution is 4.79. The van der Waals surface area contributed by atoms with Gasteiger partial charge in [0.05, 0.1) is 0 Å². The second-order valence-corrected chi connectivity index (χ2v) is 3.75. The standard InChI is InChI=1S/C9H20N2O/c1-8(6-10)11-4-2-9(7-11)3-5-12/h8-9,12H,2-7,10H2,1H3. The van der Waals surface area contributed by atoms with Gasteiger partial charge in [-0.2, -0.15) is 0 Å². The molecular formula is C9H20N2O. The number of aliphatic hydroxyl groups is 1. The van der Waals surface area contributed by atoms with E-state index in [1.165, 1.54) is 6.42 Å². The minimum absolute atomic E-state index is 0.329. The summed E-state index contributed by atoms with van der Waals surface area (Å²) in [5.74, 6) is 0.698. The lowest BCUT2D eigenvalue weighted by Gasteiger charge is -2.22. The largest absolute Gasteiger partial charge is 0.396 e. The summed E-state index contributed by atoms with van der Waals surface area (Å²) >= 11 is 0. The van der Waals surface area contributed by atoms with E-state index in [9.17, 15) is 0 Å². The number of likely N-dealkylation sites (tertiary alicyclic amines) is 1. The molecule has 1 fully saturated rings. The van der Waals surface area contributed by atoms with E-state index in [2.05, 4.69) is 11.8 Å². The summed E-state index contributed by atoms with van der Waals surface area (Å²) in [6.45, 7) is 5.52. The van der Waals surface area contributed by atoms with Crippen LogP contribution in [-0.2, 0) is 0 Å². The monoisotopic (exact) mass is 172 g/mol. The molecule has 0 spiro atoms. The fourth-order valence-electron chi connectivity index (χ4n) is 1.83. The second kappa shape index (κ2) is 4.80. The van der Waals surface area contributed by atoms with Gasteiger partial charge < -0.3 is 10.8 Å². The van der Waals surface area contributed by atoms with Crippen molar-refractivity contribution in [3.05, 3.63) is 0 Å². The van der Waals surface area contributed by atoms with Crippen molar-refractivity contribution in [1.82, 2.24) is 4.90 Å². The molecule has 3 heteroatoms. The first-order valence-electron chi connectivity index (χ1n) is 4.83. The second-order valence-electron chi connectivity index (χ2n) is 3.75. The Morgan fingerprint density at radius 2 is 2.42 bits per heavy atom. The Kier molecular flexibility index (Phi) is 3.98. The number of hydrogen-bond acceptors (Lipinski definition) is 3. The number of hydrogen-bond donors (Lipinski definition) is 2. The molecule has 0 amide bonds. The molecule has 1 saturated heterocycles. The fourth-order valence-corrected chi connectivity index (χ4v) is 1.83. The number of nitrogens with zero attached hydrogens (tertiary/aromatic N) is 1. The average Bonchev–Trinajstić information content (AvgIpc) is 2.52. The molecule has 1 aliphatic heterocycles. The van der Waals surface area contributed by atoms with E-state index in [4.69, 9.17) is 10.8 Å². The highest BCUT2D eigenvalue weighted by Crippen LogP contribution is 2.20. The summed E-state index contributed by atoms with van der Waals surface area (Å²) < 4.78 is 0. The molecule has 3 N–H and O–H groups in total. The van der Waals surface area contributed by atoms with E-state index in [0.717, 1.165) is 26.1 Å².